The molecule has 162 valence electrons. The molecule has 4 rings (SSSR count). The lowest BCUT2D eigenvalue weighted by Crippen LogP contribution is -2.44. The molecule has 0 unspecified atom stereocenters. The molecule has 2 amide bonds. The maximum Gasteiger partial charge on any atom is 0.277 e. The van der Waals surface area contributed by atoms with Crippen LogP contribution >= 0.6 is 0 Å². The number of likely N-dealkylation sites (tertiary alicyclic amines) is 1. The number of carbonyl (C=O) groups excluding carboxylic acids is 2. The van der Waals surface area contributed by atoms with Crippen molar-refractivity contribution in [1.29, 1.82) is 0 Å². The summed E-state index contributed by atoms with van der Waals surface area (Å²) in [6.45, 7) is 8.57. The van der Waals surface area contributed by atoms with Gasteiger partial charge in [-0.1, -0.05) is 19.1 Å². The van der Waals surface area contributed by atoms with Gasteiger partial charge in [0.05, 0.1) is 25.4 Å². The number of amides is 2. The highest BCUT2D eigenvalue weighted by Gasteiger charge is 2.42. The fraction of sp³-hybridized carbons (Fsp3) is 0.565. The number of morpholine rings is 1. The van der Waals surface area contributed by atoms with Gasteiger partial charge in [0.1, 0.15) is 11.4 Å². The van der Waals surface area contributed by atoms with E-state index in [1.54, 1.807) is 0 Å². The van der Waals surface area contributed by atoms with Crippen molar-refractivity contribution in [3.05, 3.63) is 35.5 Å². The van der Waals surface area contributed by atoms with Gasteiger partial charge < -0.3 is 14.4 Å². The van der Waals surface area contributed by atoms with Crippen molar-refractivity contribution in [1.82, 2.24) is 14.7 Å². The van der Waals surface area contributed by atoms with Crippen molar-refractivity contribution in [3.63, 3.8) is 0 Å². The molecule has 0 N–H and O–H groups in total. The van der Waals surface area contributed by atoms with E-state index in [1.165, 1.54) is 4.90 Å². The third-order valence-electron chi connectivity index (χ3n) is 5.93. The summed E-state index contributed by atoms with van der Waals surface area (Å²) in [5, 5.41) is 0. The Labute approximate surface area is 178 Å². The Morgan fingerprint density at radius 3 is 2.30 bits per heavy atom. The van der Waals surface area contributed by atoms with Gasteiger partial charge >= 0.3 is 0 Å². The minimum Gasteiger partial charge on any atom is -0.494 e. The minimum atomic E-state index is -0.183. The van der Waals surface area contributed by atoms with Crippen LogP contribution in [0.1, 0.15) is 31.7 Å². The Balaban J connectivity index is 1.56. The van der Waals surface area contributed by atoms with Crippen LogP contribution in [0.2, 0.25) is 0 Å². The van der Waals surface area contributed by atoms with E-state index in [2.05, 4.69) is 16.7 Å². The van der Waals surface area contributed by atoms with E-state index in [0.717, 1.165) is 56.8 Å². The van der Waals surface area contributed by atoms with Crippen molar-refractivity contribution in [3.8, 4) is 5.75 Å². The van der Waals surface area contributed by atoms with Crippen LogP contribution in [0.4, 0.5) is 0 Å². The Morgan fingerprint density at radius 2 is 1.63 bits per heavy atom. The second-order valence-electron chi connectivity index (χ2n) is 8.01. The van der Waals surface area contributed by atoms with Crippen molar-refractivity contribution >= 4 is 17.4 Å². The van der Waals surface area contributed by atoms with Gasteiger partial charge in [0.2, 0.25) is 0 Å². The van der Waals surface area contributed by atoms with E-state index in [0.29, 0.717) is 44.2 Å². The third kappa shape index (κ3) is 4.37. The van der Waals surface area contributed by atoms with E-state index < -0.39 is 0 Å². The summed E-state index contributed by atoms with van der Waals surface area (Å²) in [5.41, 5.74) is 1.89. The van der Waals surface area contributed by atoms with E-state index in [4.69, 9.17) is 9.47 Å². The molecule has 30 heavy (non-hydrogen) atoms. The lowest BCUT2D eigenvalue weighted by Gasteiger charge is -2.28. The molecule has 1 aromatic rings. The first kappa shape index (κ1) is 20.9. The van der Waals surface area contributed by atoms with E-state index in [-0.39, 0.29) is 11.8 Å². The fourth-order valence-electron chi connectivity index (χ4n) is 4.26. The van der Waals surface area contributed by atoms with Gasteiger partial charge in [-0.2, -0.15) is 0 Å². The summed E-state index contributed by atoms with van der Waals surface area (Å²) in [5.74, 6) is 0.443. The molecular formula is C23H31N3O4. The molecular weight excluding hydrogens is 382 g/mol. The highest BCUT2D eigenvalue weighted by atomic mass is 16.5. The minimum absolute atomic E-state index is 0.156. The molecule has 0 aliphatic carbocycles. The molecule has 0 saturated carbocycles. The predicted octanol–water partition coefficient (Wildman–Crippen LogP) is 1.98. The van der Waals surface area contributed by atoms with Crippen LogP contribution in [-0.2, 0) is 14.3 Å². The summed E-state index contributed by atoms with van der Waals surface area (Å²) < 4.78 is 11.1. The summed E-state index contributed by atoms with van der Waals surface area (Å²) in [6.07, 6.45) is 3.04. The summed E-state index contributed by atoms with van der Waals surface area (Å²) >= 11 is 0. The summed E-state index contributed by atoms with van der Waals surface area (Å²) in [4.78, 5) is 32.4. The number of rotatable bonds is 8. The third-order valence-corrected chi connectivity index (χ3v) is 5.93. The van der Waals surface area contributed by atoms with Gasteiger partial charge in [-0.25, -0.2) is 0 Å². The monoisotopic (exact) mass is 413 g/mol. The van der Waals surface area contributed by atoms with Crippen LogP contribution in [-0.4, -0.2) is 85.6 Å². The van der Waals surface area contributed by atoms with Crippen molar-refractivity contribution in [2.24, 2.45) is 0 Å². The number of hydrogen-bond donors (Lipinski definition) is 0. The van der Waals surface area contributed by atoms with Gasteiger partial charge in [0, 0.05) is 39.3 Å². The smallest absolute Gasteiger partial charge is 0.277 e. The highest BCUT2D eigenvalue weighted by Crippen LogP contribution is 2.34. The Bertz CT molecular complexity index is 793. The topological polar surface area (TPSA) is 62.3 Å². The zero-order chi connectivity index (χ0) is 20.9. The number of hydrogen-bond acceptors (Lipinski definition) is 6. The lowest BCUT2D eigenvalue weighted by molar-refractivity contribution is -0.137. The molecule has 7 heteroatoms. The molecule has 0 bridgehead atoms. The predicted molar refractivity (Wildman–Crippen MR) is 114 cm³/mol. The van der Waals surface area contributed by atoms with Gasteiger partial charge in [-0.3, -0.25) is 19.4 Å². The molecule has 1 aromatic carbocycles. The van der Waals surface area contributed by atoms with Crippen LogP contribution in [0.25, 0.3) is 5.57 Å². The average molecular weight is 414 g/mol. The van der Waals surface area contributed by atoms with Gasteiger partial charge in [0.25, 0.3) is 11.8 Å². The normalized spacial score (nSPS) is 20.6. The Kier molecular flexibility index (Phi) is 6.69. The SMILES string of the molecule is CCCOc1ccc(C2=C(N3CCCC3)C(=O)N(CCN3CCOCC3)C2=O)cc1. The molecule has 0 spiro atoms. The first-order chi connectivity index (χ1) is 14.7. The number of carbonyl (C=O) groups is 2. The van der Waals surface area contributed by atoms with Crippen LogP contribution in [0.15, 0.2) is 30.0 Å². The maximum atomic E-state index is 13.4. The standard InChI is InChI=1S/C23H31N3O4/c1-2-15-30-19-7-5-18(6-8-19)20-21(25-9-3-4-10-25)23(28)26(22(20)27)12-11-24-13-16-29-17-14-24/h5-8H,2-4,9-17H2,1H3. The molecule has 3 aliphatic rings. The Hall–Kier alpha value is -2.38. The number of nitrogens with zero attached hydrogens (tertiary/aromatic N) is 3. The van der Waals surface area contributed by atoms with Gasteiger partial charge in [-0.05, 0) is 37.0 Å². The van der Waals surface area contributed by atoms with Crippen molar-refractivity contribution < 1.29 is 19.1 Å². The molecule has 0 atom stereocenters. The van der Waals surface area contributed by atoms with Crippen LogP contribution in [0.3, 0.4) is 0 Å². The molecule has 3 heterocycles. The van der Waals surface area contributed by atoms with Crippen LogP contribution in [0.5, 0.6) is 5.75 Å². The van der Waals surface area contributed by atoms with Gasteiger partial charge in [0.15, 0.2) is 0 Å². The number of ether oxygens (including phenoxy) is 2. The lowest BCUT2D eigenvalue weighted by atomic mass is 10.0. The molecule has 0 radical (unpaired) electrons. The van der Waals surface area contributed by atoms with E-state index >= 15 is 0 Å². The first-order valence-corrected chi connectivity index (χ1v) is 11.1. The van der Waals surface area contributed by atoms with Gasteiger partial charge in [-0.15, -0.1) is 0 Å². The zero-order valence-corrected chi connectivity index (χ0v) is 17.8. The summed E-state index contributed by atoms with van der Waals surface area (Å²) in [7, 11) is 0. The van der Waals surface area contributed by atoms with E-state index in [1.807, 2.05) is 24.3 Å². The molecule has 2 saturated heterocycles. The van der Waals surface area contributed by atoms with Crippen molar-refractivity contribution in [2.45, 2.75) is 26.2 Å². The second kappa shape index (κ2) is 9.62. The summed E-state index contributed by atoms with van der Waals surface area (Å²) in [6, 6.07) is 7.56. The quantitative estimate of drug-likeness (QED) is 0.608. The number of imide groups is 1. The Morgan fingerprint density at radius 1 is 0.933 bits per heavy atom. The largest absolute Gasteiger partial charge is 0.494 e. The van der Waals surface area contributed by atoms with Crippen LogP contribution < -0.4 is 4.74 Å². The molecule has 0 aromatic heterocycles. The van der Waals surface area contributed by atoms with Crippen LogP contribution in [0, 0.1) is 0 Å². The maximum absolute atomic E-state index is 13.4. The van der Waals surface area contributed by atoms with E-state index in [9.17, 15) is 9.59 Å². The molecule has 2 fully saturated rings. The highest BCUT2D eigenvalue weighted by molar-refractivity contribution is 6.35. The first-order valence-electron chi connectivity index (χ1n) is 11.1. The molecule has 3 aliphatic heterocycles. The zero-order valence-electron chi connectivity index (χ0n) is 17.8. The second-order valence-corrected chi connectivity index (χ2v) is 8.01. The average Bonchev–Trinajstić information content (AvgIpc) is 3.38. The number of benzene rings is 1. The van der Waals surface area contributed by atoms with Crippen molar-refractivity contribution in [2.75, 3.05) is 59.1 Å². The fourth-order valence-corrected chi connectivity index (χ4v) is 4.26. The molecule has 7 nitrogen and oxygen atoms in total.